The Bertz CT molecular complexity index is 456. The van der Waals surface area contributed by atoms with Crippen molar-refractivity contribution in [2.75, 3.05) is 19.5 Å². The third-order valence-corrected chi connectivity index (χ3v) is 2.07. The van der Waals surface area contributed by atoms with Crippen molar-refractivity contribution in [2.45, 2.75) is 0 Å². The van der Waals surface area contributed by atoms with Gasteiger partial charge in [-0.15, -0.1) is 0 Å². The number of fused-ring (bicyclic) bond motifs is 1. The van der Waals surface area contributed by atoms with Crippen molar-refractivity contribution >= 4 is 16.6 Å². The van der Waals surface area contributed by atoms with Crippen LogP contribution in [-0.2, 0) is 0 Å². The van der Waals surface area contributed by atoms with E-state index in [4.69, 9.17) is 4.74 Å². The molecule has 1 N–H and O–H groups in total. The minimum atomic E-state index is 0.616. The number of pyridine rings is 2. The van der Waals surface area contributed by atoms with Gasteiger partial charge in [-0.3, -0.25) is 0 Å². The molecule has 0 aliphatic heterocycles. The van der Waals surface area contributed by atoms with Crippen molar-refractivity contribution in [1.82, 2.24) is 9.97 Å². The minimum Gasteiger partial charge on any atom is -0.481 e. The number of hydrogen-bond donors (Lipinski definition) is 1. The summed E-state index contributed by atoms with van der Waals surface area (Å²) >= 11 is 0. The van der Waals surface area contributed by atoms with Gasteiger partial charge in [-0.25, -0.2) is 9.97 Å². The van der Waals surface area contributed by atoms with Gasteiger partial charge in [-0.1, -0.05) is 0 Å². The van der Waals surface area contributed by atoms with Gasteiger partial charge in [0.2, 0.25) is 5.88 Å². The second-order valence-corrected chi connectivity index (χ2v) is 2.86. The SMILES string of the molecule is CNc1nccc2cc(OC)ncc12. The maximum atomic E-state index is 5.04. The van der Waals surface area contributed by atoms with Crippen LogP contribution in [0.2, 0.25) is 0 Å². The number of hydrogen-bond acceptors (Lipinski definition) is 4. The molecule has 0 bridgehead atoms. The maximum Gasteiger partial charge on any atom is 0.213 e. The number of anilines is 1. The van der Waals surface area contributed by atoms with E-state index in [-0.39, 0.29) is 0 Å². The summed E-state index contributed by atoms with van der Waals surface area (Å²) in [4.78, 5) is 8.32. The standard InChI is InChI=1S/C10H11N3O/c1-11-10-8-6-13-9(14-2)5-7(8)3-4-12-10/h3-6H,1-2H3,(H,11,12). The molecule has 0 aliphatic rings. The van der Waals surface area contributed by atoms with Crippen molar-refractivity contribution < 1.29 is 4.74 Å². The number of rotatable bonds is 2. The molecule has 14 heavy (non-hydrogen) atoms. The molecule has 2 heterocycles. The van der Waals surface area contributed by atoms with Gasteiger partial charge in [0.15, 0.2) is 0 Å². The predicted octanol–water partition coefficient (Wildman–Crippen LogP) is 1.68. The molecule has 4 heteroatoms. The van der Waals surface area contributed by atoms with Crippen molar-refractivity contribution in [3.05, 3.63) is 24.5 Å². The van der Waals surface area contributed by atoms with Crippen molar-refractivity contribution in [2.24, 2.45) is 0 Å². The van der Waals surface area contributed by atoms with E-state index in [2.05, 4.69) is 15.3 Å². The van der Waals surface area contributed by atoms with Crippen LogP contribution in [0.1, 0.15) is 0 Å². The fourth-order valence-corrected chi connectivity index (χ4v) is 1.36. The molecule has 0 aliphatic carbocycles. The molecular weight excluding hydrogens is 178 g/mol. The Morgan fingerprint density at radius 3 is 2.93 bits per heavy atom. The van der Waals surface area contributed by atoms with Crippen LogP contribution in [0.4, 0.5) is 5.82 Å². The second-order valence-electron chi connectivity index (χ2n) is 2.86. The number of nitrogens with zero attached hydrogens (tertiary/aromatic N) is 2. The summed E-state index contributed by atoms with van der Waals surface area (Å²) in [5.41, 5.74) is 0. The molecule has 4 nitrogen and oxygen atoms in total. The summed E-state index contributed by atoms with van der Waals surface area (Å²) in [5.74, 6) is 1.45. The van der Waals surface area contributed by atoms with Crippen LogP contribution >= 0.6 is 0 Å². The lowest BCUT2D eigenvalue weighted by Crippen LogP contribution is -1.94. The lowest BCUT2D eigenvalue weighted by atomic mass is 10.2. The zero-order valence-corrected chi connectivity index (χ0v) is 8.11. The molecule has 0 atom stereocenters. The Morgan fingerprint density at radius 2 is 2.21 bits per heavy atom. The minimum absolute atomic E-state index is 0.616. The van der Waals surface area contributed by atoms with Crippen molar-refractivity contribution in [3.63, 3.8) is 0 Å². The number of aromatic nitrogens is 2. The highest BCUT2D eigenvalue weighted by Crippen LogP contribution is 2.22. The summed E-state index contributed by atoms with van der Waals surface area (Å²) in [6.45, 7) is 0. The van der Waals surface area contributed by atoms with Crippen molar-refractivity contribution in [1.29, 1.82) is 0 Å². The maximum absolute atomic E-state index is 5.04. The first-order valence-electron chi connectivity index (χ1n) is 4.31. The van der Waals surface area contributed by atoms with Gasteiger partial charge in [0.25, 0.3) is 0 Å². The van der Waals surface area contributed by atoms with E-state index in [1.54, 1.807) is 19.5 Å². The third kappa shape index (κ3) is 1.35. The molecule has 0 aromatic carbocycles. The van der Waals surface area contributed by atoms with E-state index >= 15 is 0 Å². The number of ether oxygens (including phenoxy) is 1. The molecule has 0 fully saturated rings. The first-order chi connectivity index (χ1) is 6.85. The summed E-state index contributed by atoms with van der Waals surface area (Å²) < 4.78 is 5.04. The Hall–Kier alpha value is -1.84. The van der Waals surface area contributed by atoms with Crippen LogP contribution in [0.15, 0.2) is 24.5 Å². The predicted molar refractivity (Wildman–Crippen MR) is 55.6 cm³/mol. The third-order valence-electron chi connectivity index (χ3n) is 2.07. The molecule has 72 valence electrons. The van der Waals surface area contributed by atoms with E-state index in [0.29, 0.717) is 5.88 Å². The van der Waals surface area contributed by atoms with Crippen molar-refractivity contribution in [3.8, 4) is 5.88 Å². The Kier molecular flexibility index (Phi) is 2.18. The van der Waals surface area contributed by atoms with Crippen LogP contribution in [-0.4, -0.2) is 24.1 Å². The average Bonchev–Trinajstić information content (AvgIpc) is 2.27. The highest BCUT2D eigenvalue weighted by molar-refractivity contribution is 5.91. The summed E-state index contributed by atoms with van der Waals surface area (Å²) in [7, 11) is 3.44. The van der Waals surface area contributed by atoms with Gasteiger partial charge >= 0.3 is 0 Å². The van der Waals surface area contributed by atoms with Crippen LogP contribution in [0.25, 0.3) is 10.8 Å². The Balaban J connectivity index is 2.67. The van der Waals surface area contributed by atoms with E-state index in [1.807, 2.05) is 19.2 Å². The largest absolute Gasteiger partial charge is 0.481 e. The topological polar surface area (TPSA) is 47.0 Å². The number of methoxy groups -OCH3 is 1. The Morgan fingerprint density at radius 1 is 1.36 bits per heavy atom. The molecule has 2 aromatic rings. The lowest BCUT2D eigenvalue weighted by Gasteiger charge is -2.05. The Labute approximate surface area is 81.9 Å². The molecule has 0 saturated heterocycles. The highest BCUT2D eigenvalue weighted by Gasteiger charge is 2.02. The normalized spacial score (nSPS) is 10.1. The van der Waals surface area contributed by atoms with Crippen LogP contribution < -0.4 is 10.1 Å². The number of nitrogens with one attached hydrogen (secondary N) is 1. The molecule has 0 saturated carbocycles. The summed E-state index contributed by atoms with van der Waals surface area (Å²) in [5, 5.41) is 5.08. The van der Waals surface area contributed by atoms with E-state index in [9.17, 15) is 0 Å². The quantitative estimate of drug-likeness (QED) is 0.780. The van der Waals surface area contributed by atoms with E-state index in [0.717, 1.165) is 16.6 Å². The molecule has 0 unspecified atom stereocenters. The molecular formula is C10H11N3O. The van der Waals surface area contributed by atoms with E-state index in [1.165, 1.54) is 0 Å². The monoisotopic (exact) mass is 189 g/mol. The fraction of sp³-hybridized carbons (Fsp3) is 0.200. The van der Waals surface area contributed by atoms with Crippen LogP contribution in [0.3, 0.4) is 0 Å². The fourth-order valence-electron chi connectivity index (χ4n) is 1.36. The molecule has 0 amide bonds. The first-order valence-corrected chi connectivity index (χ1v) is 4.31. The van der Waals surface area contributed by atoms with Gasteiger partial charge in [-0.2, -0.15) is 0 Å². The smallest absolute Gasteiger partial charge is 0.213 e. The van der Waals surface area contributed by atoms with Crippen LogP contribution in [0.5, 0.6) is 5.88 Å². The zero-order valence-electron chi connectivity index (χ0n) is 8.11. The molecule has 2 rings (SSSR count). The lowest BCUT2D eigenvalue weighted by molar-refractivity contribution is 0.399. The van der Waals surface area contributed by atoms with Gasteiger partial charge in [0, 0.05) is 30.9 Å². The van der Waals surface area contributed by atoms with Crippen LogP contribution in [0, 0.1) is 0 Å². The second kappa shape index (κ2) is 3.49. The molecule has 0 radical (unpaired) electrons. The zero-order chi connectivity index (χ0) is 9.97. The first kappa shape index (κ1) is 8.74. The summed E-state index contributed by atoms with van der Waals surface area (Å²) in [6.07, 6.45) is 3.51. The highest BCUT2D eigenvalue weighted by atomic mass is 16.5. The van der Waals surface area contributed by atoms with Gasteiger partial charge < -0.3 is 10.1 Å². The summed E-state index contributed by atoms with van der Waals surface area (Å²) in [6, 6.07) is 3.82. The van der Waals surface area contributed by atoms with E-state index < -0.39 is 0 Å². The average molecular weight is 189 g/mol. The molecule has 2 aromatic heterocycles. The van der Waals surface area contributed by atoms with Gasteiger partial charge in [0.1, 0.15) is 5.82 Å². The van der Waals surface area contributed by atoms with Gasteiger partial charge in [0.05, 0.1) is 7.11 Å². The molecule has 0 spiro atoms. The van der Waals surface area contributed by atoms with Gasteiger partial charge in [-0.05, 0) is 11.5 Å².